The van der Waals surface area contributed by atoms with Gasteiger partial charge in [0.15, 0.2) is 0 Å². The highest BCUT2D eigenvalue weighted by atomic mass is 16.6. The lowest BCUT2D eigenvalue weighted by Gasteiger charge is -2.36. The molecule has 9 heteroatoms. The number of piperazine rings is 1. The zero-order chi connectivity index (χ0) is 21.2. The molecule has 0 bridgehead atoms. The Morgan fingerprint density at radius 2 is 2.16 bits per heavy atom. The lowest BCUT2D eigenvalue weighted by Crippen LogP contribution is -2.49. The van der Waals surface area contributed by atoms with E-state index in [1.165, 1.54) is 0 Å². The summed E-state index contributed by atoms with van der Waals surface area (Å²) in [6.07, 6.45) is 8.66. The summed E-state index contributed by atoms with van der Waals surface area (Å²) in [4.78, 5) is 24.4. The van der Waals surface area contributed by atoms with Crippen LogP contribution in [-0.4, -0.2) is 76.2 Å². The van der Waals surface area contributed by atoms with Crippen molar-refractivity contribution in [2.24, 2.45) is 7.05 Å². The highest BCUT2D eigenvalue weighted by Gasteiger charge is 2.25. The van der Waals surface area contributed by atoms with Gasteiger partial charge in [0.2, 0.25) is 0 Å². The van der Waals surface area contributed by atoms with Gasteiger partial charge in [0.25, 0.3) is 0 Å². The van der Waals surface area contributed by atoms with E-state index in [1.54, 1.807) is 9.58 Å². The van der Waals surface area contributed by atoms with Gasteiger partial charge in [-0.15, -0.1) is 0 Å². The molecule has 164 valence electrons. The third kappa shape index (κ3) is 4.23. The van der Waals surface area contributed by atoms with E-state index in [-0.39, 0.29) is 12.2 Å². The summed E-state index contributed by atoms with van der Waals surface area (Å²) >= 11 is 0. The van der Waals surface area contributed by atoms with Crippen molar-refractivity contribution in [2.45, 2.75) is 25.4 Å². The maximum Gasteiger partial charge on any atom is 0.409 e. The number of H-pyrrole nitrogens is 1. The van der Waals surface area contributed by atoms with Gasteiger partial charge >= 0.3 is 6.09 Å². The van der Waals surface area contributed by atoms with Crippen LogP contribution in [0, 0.1) is 0 Å². The number of nitrogens with zero attached hydrogens (tertiary/aromatic N) is 5. The van der Waals surface area contributed by atoms with Crippen LogP contribution in [0.25, 0.3) is 22.3 Å². The number of aromatic nitrogens is 4. The van der Waals surface area contributed by atoms with Crippen molar-refractivity contribution in [3.8, 4) is 11.3 Å². The number of amides is 1. The molecule has 5 heterocycles. The smallest absolute Gasteiger partial charge is 0.409 e. The van der Waals surface area contributed by atoms with Gasteiger partial charge in [0.05, 0.1) is 18.0 Å². The molecule has 1 atom stereocenters. The SMILES string of the molecule is Cn1cc(-c2cc3c(N4CCN(C(=O)OCC5CCCCO5)CC4)ccnc3[nH]2)cn1. The molecule has 1 amide bonds. The minimum Gasteiger partial charge on any atom is -0.447 e. The fourth-order valence-corrected chi connectivity index (χ4v) is 4.33. The Morgan fingerprint density at radius 1 is 1.29 bits per heavy atom. The second kappa shape index (κ2) is 8.58. The molecule has 0 aromatic carbocycles. The van der Waals surface area contributed by atoms with Crippen LogP contribution >= 0.6 is 0 Å². The molecule has 0 radical (unpaired) electrons. The lowest BCUT2D eigenvalue weighted by molar-refractivity contribution is -0.0281. The van der Waals surface area contributed by atoms with Gasteiger partial charge in [-0.05, 0) is 31.4 Å². The minimum absolute atomic E-state index is 0.0479. The van der Waals surface area contributed by atoms with E-state index in [0.29, 0.717) is 19.7 Å². The number of anilines is 1. The molecular weight excluding hydrogens is 396 g/mol. The molecule has 2 aliphatic rings. The first-order valence-corrected chi connectivity index (χ1v) is 10.9. The van der Waals surface area contributed by atoms with Crippen LogP contribution < -0.4 is 4.90 Å². The first-order chi connectivity index (χ1) is 15.2. The zero-order valence-corrected chi connectivity index (χ0v) is 17.8. The van der Waals surface area contributed by atoms with Crippen LogP contribution in [0.15, 0.2) is 30.7 Å². The first kappa shape index (κ1) is 19.9. The molecule has 9 nitrogen and oxygen atoms in total. The number of rotatable bonds is 4. The third-order valence-electron chi connectivity index (χ3n) is 6.07. The molecule has 1 N–H and O–H groups in total. The van der Waals surface area contributed by atoms with E-state index in [2.05, 4.69) is 26.0 Å². The van der Waals surface area contributed by atoms with Gasteiger partial charge in [-0.2, -0.15) is 5.10 Å². The van der Waals surface area contributed by atoms with Crippen LogP contribution in [0.5, 0.6) is 0 Å². The molecule has 0 spiro atoms. The fraction of sp³-hybridized carbons (Fsp3) is 0.500. The maximum absolute atomic E-state index is 12.5. The number of ether oxygens (including phenoxy) is 2. The van der Waals surface area contributed by atoms with E-state index in [1.807, 2.05) is 31.7 Å². The summed E-state index contributed by atoms with van der Waals surface area (Å²) in [7, 11) is 1.91. The molecule has 2 saturated heterocycles. The molecule has 3 aromatic heterocycles. The molecule has 3 aromatic rings. The van der Waals surface area contributed by atoms with Crippen molar-refractivity contribution in [3.63, 3.8) is 0 Å². The van der Waals surface area contributed by atoms with Crippen molar-refractivity contribution in [3.05, 3.63) is 30.7 Å². The van der Waals surface area contributed by atoms with Crippen molar-refractivity contribution < 1.29 is 14.3 Å². The number of nitrogens with one attached hydrogen (secondary N) is 1. The van der Waals surface area contributed by atoms with Crippen LogP contribution in [0.1, 0.15) is 19.3 Å². The summed E-state index contributed by atoms with van der Waals surface area (Å²) < 4.78 is 12.9. The van der Waals surface area contributed by atoms with E-state index in [4.69, 9.17) is 9.47 Å². The summed E-state index contributed by atoms with van der Waals surface area (Å²) in [5.41, 5.74) is 4.00. The largest absolute Gasteiger partial charge is 0.447 e. The molecule has 2 aliphatic heterocycles. The maximum atomic E-state index is 12.5. The molecule has 5 rings (SSSR count). The normalized spacial score (nSPS) is 19.7. The predicted molar refractivity (Wildman–Crippen MR) is 117 cm³/mol. The van der Waals surface area contributed by atoms with Crippen LogP contribution in [0.4, 0.5) is 10.5 Å². The minimum atomic E-state index is -0.241. The van der Waals surface area contributed by atoms with Gasteiger partial charge in [0, 0.05) is 68.9 Å². The van der Waals surface area contributed by atoms with E-state index in [0.717, 1.165) is 66.9 Å². The van der Waals surface area contributed by atoms with Crippen LogP contribution in [0.3, 0.4) is 0 Å². The summed E-state index contributed by atoms with van der Waals surface area (Å²) in [6, 6.07) is 4.16. The summed E-state index contributed by atoms with van der Waals surface area (Å²) in [6.45, 7) is 3.89. The second-order valence-corrected chi connectivity index (χ2v) is 8.22. The topological polar surface area (TPSA) is 88.5 Å². The number of carbonyl (C=O) groups is 1. The monoisotopic (exact) mass is 424 g/mol. The molecule has 0 saturated carbocycles. The number of aromatic amines is 1. The Bertz CT molecular complexity index is 1050. The van der Waals surface area contributed by atoms with Gasteiger partial charge in [-0.25, -0.2) is 9.78 Å². The van der Waals surface area contributed by atoms with Crippen molar-refractivity contribution in [1.82, 2.24) is 24.6 Å². The number of hydrogen-bond donors (Lipinski definition) is 1. The summed E-state index contributed by atoms with van der Waals surface area (Å²) in [5, 5.41) is 5.33. The Balaban J connectivity index is 1.23. The van der Waals surface area contributed by atoms with Gasteiger partial charge < -0.3 is 24.3 Å². The predicted octanol–water partition coefficient (Wildman–Crippen LogP) is 2.79. The van der Waals surface area contributed by atoms with Crippen molar-refractivity contribution in [1.29, 1.82) is 0 Å². The second-order valence-electron chi connectivity index (χ2n) is 8.22. The number of fused-ring (bicyclic) bond motifs is 1. The van der Waals surface area contributed by atoms with Gasteiger partial charge in [0.1, 0.15) is 12.3 Å². The van der Waals surface area contributed by atoms with E-state index < -0.39 is 0 Å². The Morgan fingerprint density at radius 3 is 2.90 bits per heavy atom. The highest BCUT2D eigenvalue weighted by Crippen LogP contribution is 2.30. The molecule has 1 unspecified atom stereocenters. The Labute approximate surface area is 180 Å². The standard InChI is InChI=1S/C22H28N6O3/c1-26-14-16(13-24-26)19-12-18-20(5-6-23-21(18)25-19)27-7-9-28(10-8-27)22(29)31-15-17-4-2-3-11-30-17/h5-6,12-14,17H,2-4,7-11,15H2,1H3,(H,23,25). The number of aryl methyl sites for hydroxylation is 1. The van der Waals surface area contributed by atoms with Crippen LogP contribution in [-0.2, 0) is 16.5 Å². The number of carbonyl (C=O) groups excluding carboxylic acids is 1. The van der Waals surface area contributed by atoms with Crippen molar-refractivity contribution in [2.75, 3.05) is 44.3 Å². The quantitative estimate of drug-likeness (QED) is 0.693. The average Bonchev–Trinajstić information content (AvgIpc) is 3.44. The Hall–Kier alpha value is -3.07. The van der Waals surface area contributed by atoms with Crippen molar-refractivity contribution >= 4 is 22.8 Å². The van der Waals surface area contributed by atoms with E-state index >= 15 is 0 Å². The number of hydrogen-bond acceptors (Lipinski definition) is 6. The van der Waals surface area contributed by atoms with Gasteiger partial charge in [-0.1, -0.05) is 0 Å². The average molecular weight is 425 g/mol. The molecule has 0 aliphatic carbocycles. The lowest BCUT2D eigenvalue weighted by atomic mass is 10.1. The van der Waals surface area contributed by atoms with Gasteiger partial charge in [-0.3, -0.25) is 4.68 Å². The van der Waals surface area contributed by atoms with E-state index in [9.17, 15) is 4.79 Å². The number of pyridine rings is 1. The Kier molecular flexibility index (Phi) is 5.50. The third-order valence-corrected chi connectivity index (χ3v) is 6.07. The fourth-order valence-electron chi connectivity index (χ4n) is 4.33. The molecular formula is C22H28N6O3. The first-order valence-electron chi connectivity index (χ1n) is 10.9. The molecule has 31 heavy (non-hydrogen) atoms. The zero-order valence-electron chi connectivity index (χ0n) is 17.8. The highest BCUT2D eigenvalue weighted by molar-refractivity contribution is 5.93. The molecule has 2 fully saturated rings. The van der Waals surface area contributed by atoms with Crippen LogP contribution in [0.2, 0.25) is 0 Å². The summed E-state index contributed by atoms with van der Waals surface area (Å²) in [5.74, 6) is 0.